The first-order valence-corrected chi connectivity index (χ1v) is 5.71. The van der Waals surface area contributed by atoms with Gasteiger partial charge in [0.15, 0.2) is 0 Å². The van der Waals surface area contributed by atoms with Gasteiger partial charge in [-0.1, -0.05) is 13.3 Å². The Balaban J connectivity index is 3.12. The highest BCUT2D eigenvalue weighted by Gasteiger charge is 1.98. The highest BCUT2D eigenvalue weighted by Crippen LogP contribution is 1.96. The molecule has 0 rings (SSSR count). The van der Waals surface area contributed by atoms with Gasteiger partial charge >= 0.3 is 0 Å². The molecule has 0 aliphatic rings. The van der Waals surface area contributed by atoms with Crippen molar-refractivity contribution in [3.63, 3.8) is 0 Å². The molecule has 0 saturated heterocycles. The van der Waals surface area contributed by atoms with E-state index in [-0.39, 0.29) is 6.61 Å². The van der Waals surface area contributed by atoms with Crippen LogP contribution in [0.15, 0.2) is 0 Å². The Morgan fingerprint density at radius 3 is 2.53 bits per heavy atom. The van der Waals surface area contributed by atoms with Crippen LogP contribution in [0.3, 0.4) is 0 Å². The predicted molar refractivity (Wildman–Crippen MR) is 61.7 cm³/mol. The summed E-state index contributed by atoms with van der Waals surface area (Å²) in [5, 5.41) is 0. The standard InChI is InChI=1S/C11H24N2O2/c1-3-4-7-13(2)8-5-6-9-15-10-11(12)14/h3-10H2,1-2H3,(H2,12,14). The lowest BCUT2D eigenvalue weighted by atomic mass is 10.3. The minimum atomic E-state index is -0.393. The lowest BCUT2D eigenvalue weighted by Gasteiger charge is -2.15. The van der Waals surface area contributed by atoms with Crippen LogP contribution < -0.4 is 5.73 Å². The van der Waals surface area contributed by atoms with E-state index in [4.69, 9.17) is 10.5 Å². The molecular formula is C11H24N2O2. The molecule has 0 atom stereocenters. The van der Waals surface area contributed by atoms with Crippen LogP contribution in [0.2, 0.25) is 0 Å². The Morgan fingerprint density at radius 2 is 1.93 bits per heavy atom. The van der Waals surface area contributed by atoms with Crippen LogP contribution in [0.5, 0.6) is 0 Å². The fourth-order valence-electron chi connectivity index (χ4n) is 1.30. The molecule has 0 unspecified atom stereocenters. The minimum Gasteiger partial charge on any atom is -0.372 e. The van der Waals surface area contributed by atoms with Crippen LogP contribution in [0, 0.1) is 0 Å². The zero-order valence-corrected chi connectivity index (χ0v) is 10.00. The molecule has 0 aliphatic heterocycles. The lowest BCUT2D eigenvalue weighted by Crippen LogP contribution is -2.21. The summed E-state index contributed by atoms with van der Waals surface area (Å²) < 4.78 is 5.06. The zero-order chi connectivity index (χ0) is 11.5. The summed E-state index contributed by atoms with van der Waals surface area (Å²) in [5.41, 5.74) is 4.94. The summed E-state index contributed by atoms with van der Waals surface area (Å²) in [6.07, 6.45) is 4.60. The van der Waals surface area contributed by atoms with E-state index in [1.807, 2.05) is 0 Å². The van der Waals surface area contributed by atoms with Gasteiger partial charge in [0, 0.05) is 6.61 Å². The third-order valence-electron chi connectivity index (χ3n) is 2.22. The molecular weight excluding hydrogens is 192 g/mol. The first-order chi connectivity index (χ1) is 7.16. The van der Waals surface area contributed by atoms with E-state index >= 15 is 0 Å². The number of nitrogens with zero attached hydrogens (tertiary/aromatic N) is 1. The highest BCUT2D eigenvalue weighted by molar-refractivity contribution is 5.74. The van der Waals surface area contributed by atoms with Gasteiger partial charge in [0.05, 0.1) is 0 Å². The van der Waals surface area contributed by atoms with Gasteiger partial charge in [-0.15, -0.1) is 0 Å². The lowest BCUT2D eigenvalue weighted by molar-refractivity contribution is -0.122. The first-order valence-electron chi connectivity index (χ1n) is 5.71. The van der Waals surface area contributed by atoms with Gasteiger partial charge in [-0.25, -0.2) is 0 Å². The van der Waals surface area contributed by atoms with Gasteiger partial charge in [0.1, 0.15) is 6.61 Å². The number of rotatable bonds is 10. The maximum absolute atomic E-state index is 10.3. The van der Waals surface area contributed by atoms with E-state index in [9.17, 15) is 4.79 Å². The monoisotopic (exact) mass is 216 g/mol. The number of nitrogens with two attached hydrogens (primary N) is 1. The molecule has 0 fully saturated rings. The van der Waals surface area contributed by atoms with Crippen LogP contribution in [0.1, 0.15) is 32.6 Å². The fraction of sp³-hybridized carbons (Fsp3) is 0.909. The van der Waals surface area contributed by atoms with Crippen molar-refractivity contribution in [3.05, 3.63) is 0 Å². The zero-order valence-electron chi connectivity index (χ0n) is 10.00. The van der Waals surface area contributed by atoms with Crippen molar-refractivity contribution in [3.8, 4) is 0 Å². The Labute approximate surface area is 92.8 Å². The van der Waals surface area contributed by atoms with E-state index in [0.29, 0.717) is 6.61 Å². The van der Waals surface area contributed by atoms with Crippen molar-refractivity contribution in [2.24, 2.45) is 5.73 Å². The molecule has 4 heteroatoms. The maximum atomic E-state index is 10.3. The van der Waals surface area contributed by atoms with Crippen molar-refractivity contribution in [1.29, 1.82) is 0 Å². The number of carbonyl (C=O) groups excluding carboxylic acids is 1. The first kappa shape index (κ1) is 14.4. The van der Waals surface area contributed by atoms with E-state index in [0.717, 1.165) is 19.4 Å². The second-order valence-electron chi connectivity index (χ2n) is 3.88. The Bertz CT molecular complexity index is 163. The van der Waals surface area contributed by atoms with Crippen LogP contribution in [-0.4, -0.2) is 44.2 Å². The fourth-order valence-corrected chi connectivity index (χ4v) is 1.30. The molecule has 0 bridgehead atoms. The molecule has 2 N–H and O–H groups in total. The van der Waals surface area contributed by atoms with Crippen molar-refractivity contribution in [1.82, 2.24) is 4.90 Å². The van der Waals surface area contributed by atoms with Crippen molar-refractivity contribution in [2.75, 3.05) is 33.4 Å². The number of amides is 1. The van der Waals surface area contributed by atoms with Crippen LogP contribution in [0.4, 0.5) is 0 Å². The summed E-state index contributed by atoms with van der Waals surface area (Å²) in [7, 11) is 2.14. The van der Waals surface area contributed by atoms with Crippen LogP contribution >= 0.6 is 0 Å². The van der Waals surface area contributed by atoms with Gasteiger partial charge in [-0.2, -0.15) is 0 Å². The summed E-state index contributed by atoms with van der Waals surface area (Å²) >= 11 is 0. The van der Waals surface area contributed by atoms with Crippen molar-refractivity contribution in [2.45, 2.75) is 32.6 Å². The average molecular weight is 216 g/mol. The van der Waals surface area contributed by atoms with Crippen LogP contribution in [-0.2, 0) is 9.53 Å². The third kappa shape index (κ3) is 11.3. The predicted octanol–water partition coefficient (Wildman–Crippen LogP) is 1.00. The average Bonchev–Trinajstić information content (AvgIpc) is 2.19. The third-order valence-corrected chi connectivity index (χ3v) is 2.22. The minimum absolute atomic E-state index is 0.0473. The van der Waals surface area contributed by atoms with E-state index in [1.165, 1.54) is 19.4 Å². The molecule has 0 aromatic heterocycles. The molecule has 0 saturated carbocycles. The Morgan fingerprint density at radius 1 is 1.27 bits per heavy atom. The number of hydrogen-bond donors (Lipinski definition) is 1. The summed E-state index contributed by atoms with van der Waals surface area (Å²) in [5.74, 6) is -0.393. The van der Waals surface area contributed by atoms with Gasteiger partial charge in [0.25, 0.3) is 0 Å². The van der Waals surface area contributed by atoms with Crippen LogP contribution in [0.25, 0.3) is 0 Å². The molecule has 0 aromatic carbocycles. The molecule has 0 aliphatic carbocycles. The smallest absolute Gasteiger partial charge is 0.243 e. The second-order valence-corrected chi connectivity index (χ2v) is 3.88. The Kier molecular flexibility index (Phi) is 9.52. The van der Waals surface area contributed by atoms with Crippen molar-refractivity contribution < 1.29 is 9.53 Å². The summed E-state index contributed by atoms with van der Waals surface area (Å²) in [4.78, 5) is 12.7. The van der Waals surface area contributed by atoms with Gasteiger partial charge in [-0.05, 0) is 39.4 Å². The normalized spacial score (nSPS) is 10.9. The number of ether oxygens (including phenoxy) is 1. The summed E-state index contributed by atoms with van der Waals surface area (Å²) in [6, 6.07) is 0. The number of unbranched alkanes of at least 4 members (excludes halogenated alkanes) is 2. The molecule has 0 heterocycles. The maximum Gasteiger partial charge on any atom is 0.243 e. The number of primary amides is 1. The van der Waals surface area contributed by atoms with E-state index in [2.05, 4.69) is 18.9 Å². The largest absolute Gasteiger partial charge is 0.372 e. The molecule has 90 valence electrons. The van der Waals surface area contributed by atoms with Gasteiger partial charge < -0.3 is 15.4 Å². The summed E-state index contributed by atoms with van der Waals surface area (Å²) in [6.45, 7) is 5.14. The van der Waals surface area contributed by atoms with E-state index < -0.39 is 5.91 Å². The highest BCUT2D eigenvalue weighted by atomic mass is 16.5. The number of hydrogen-bond acceptors (Lipinski definition) is 3. The quantitative estimate of drug-likeness (QED) is 0.554. The SMILES string of the molecule is CCCCN(C)CCCCOCC(N)=O. The Hall–Kier alpha value is -0.610. The second kappa shape index (κ2) is 9.93. The molecule has 1 amide bonds. The van der Waals surface area contributed by atoms with Crippen molar-refractivity contribution >= 4 is 5.91 Å². The topological polar surface area (TPSA) is 55.6 Å². The molecule has 4 nitrogen and oxygen atoms in total. The van der Waals surface area contributed by atoms with Gasteiger partial charge in [-0.3, -0.25) is 4.79 Å². The molecule has 15 heavy (non-hydrogen) atoms. The molecule has 0 radical (unpaired) electrons. The molecule has 0 aromatic rings. The molecule has 0 spiro atoms. The van der Waals surface area contributed by atoms with E-state index in [1.54, 1.807) is 0 Å². The number of carbonyl (C=O) groups is 1. The van der Waals surface area contributed by atoms with Gasteiger partial charge in [0.2, 0.25) is 5.91 Å².